The first-order valence-corrected chi connectivity index (χ1v) is 7.35. The zero-order valence-corrected chi connectivity index (χ0v) is 12.9. The van der Waals surface area contributed by atoms with Crippen molar-refractivity contribution in [3.8, 4) is 0 Å². The lowest BCUT2D eigenvalue weighted by molar-refractivity contribution is -0.118. The average Bonchev–Trinajstić information content (AvgIpc) is 2.42. The molecule has 0 atom stereocenters. The molecular weight excluding hydrogens is 319 g/mol. The van der Waals surface area contributed by atoms with E-state index in [9.17, 15) is 9.18 Å². The van der Waals surface area contributed by atoms with Crippen LogP contribution < -0.4 is 0 Å². The highest BCUT2D eigenvalue weighted by Gasteiger charge is 2.07. The van der Waals surface area contributed by atoms with Gasteiger partial charge in [0.2, 0.25) is 0 Å². The standard InChI is InChI=1S/C17H16BrFO/c1-12-2-4-13(5-3-12)6-8-15(20)10-14-7-9-17(19)16(18)11-14/h2-5,7,9,11H,6,8,10H2,1H3. The fourth-order valence-electron chi connectivity index (χ4n) is 2.00. The molecule has 0 saturated carbocycles. The van der Waals surface area contributed by atoms with Gasteiger partial charge in [0.1, 0.15) is 11.6 Å². The fourth-order valence-corrected chi connectivity index (χ4v) is 2.43. The molecule has 2 rings (SSSR count). The Hall–Kier alpha value is -1.48. The Labute approximate surface area is 127 Å². The Morgan fingerprint density at radius 2 is 1.75 bits per heavy atom. The van der Waals surface area contributed by atoms with Crippen LogP contribution in [0.15, 0.2) is 46.9 Å². The second-order valence-corrected chi connectivity index (χ2v) is 5.80. The molecule has 2 aromatic rings. The number of carbonyl (C=O) groups is 1. The van der Waals surface area contributed by atoms with Crippen molar-refractivity contribution < 1.29 is 9.18 Å². The van der Waals surface area contributed by atoms with Gasteiger partial charge in [0.15, 0.2) is 0 Å². The highest BCUT2D eigenvalue weighted by atomic mass is 79.9. The van der Waals surface area contributed by atoms with Crippen LogP contribution in [0, 0.1) is 12.7 Å². The summed E-state index contributed by atoms with van der Waals surface area (Å²) in [5, 5.41) is 0. The summed E-state index contributed by atoms with van der Waals surface area (Å²) in [6.45, 7) is 2.04. The number of carbonyl (C=O) groups excluding carboxylic acids is 1. The number of Topliss-reactive ketones (excluding diaryl/α,β-unsaturated/α-hetero) is 1. The molecule has 0 aliphatic rings. The van der Waals surface area contributed by atoms with E-state index in [4.69, 9.17) is 0 Å². The molecule has 0 aliphatic carbocycles. The van der Waals surface area contributed by atoms with E-state index >= 15 is 0 Å². The highest BCUT2D eigenvalue weighted by Crippen LogP contribution is 2.17. The van der Waals surface area contributed by atoms with Crippen molar-refractivity contribution in [3.63, 3.8) is 0 Å². The summed E-state index contributed by atoms with van der Waals surface area (Å²) in [7, 11) is 0. The predicted molar refractivity (Wildman–Crippen MR) is 82.3 cm³/mol. The summed E-state index contributed by atoms with van der Waals surface area (Å²) in [5.74, 6) is -0.134. The van der Waals surface area contributed by atoms with Gasteiger partial charge in [0, 0.05) is 12.8 Å². The molecule has 0 fully saturated rings. The maximum Gasteiger partial charge on any atom is 0.137 e. The minimum Gasteiger partial charge on any atom is -0.299 e. The number of halogens is 2. The van der Waals surface area contributed by atoms with Crippen LogP contribution in [0.5, 0.6) is 0 Å². The molecule has 0 N–H and O–H groups in total. The van der Waals surface area contributed by atoms with Crippen LogP contribution in [0.3, 0.4) is 0 Å². The Morgan fingerprint density at radius 3 is 2.40 bits per heavy atom. The van der Waals surface area contributed by atoms with Gasteiger partial charge in [0.05, 0.1) is 4.47 Å². The van der Waals surface area contributed by atoms with Crippen LogP contribution in [0.25, 0.3) is 0 Å². The third-order valence-electron chi connectivity index (χ3n) is 3.20. The van der Waals surface area contributed by atoms with Gasteiger partial charge < -0.3 is 0 Å². The van der Waals surface area contributed by atoms with Crippen molar-refractivity contribution in [3.05, 3.63) is 69.4 Å². The molecule has 20 heavy (non-hydrogen) atoms. The second kappa shape index (κ2) is 6.80. The van der Waals surface area contributed by atoms with E-state index in [2.05, 4.69) is 40.2 Å². The van der Waals surface area contributed by atoms with Gasteiger partial charge in [-0.05, 0) is 52.5 Å². The van der Waals surface area contributed by atoms with Crippen molar-refractivity contribution in [1.29, 1.82) is 0 Å². The summed E-state index contributed by atoms with van der Waals surface area (Å²) >= 11 is 3.13. The van der Waals surface area contributed by atoms with Gasteiger partial charge in [-0.3, -0.25) is 4.79 Å². The third-order valence-corrected chi connectivity index (χ3v) is 3.81. The van der Waals surface area contributed by atoms with Crippen LogP contribution in [0.2, 0.25) is 0 Å². The van der Waals surface area contributed by atoms with Crippen LogP contribution in [0.1, 0.15) is 23.1 Å². The predicted octanol–water partition coefficient (Wildman–Crippen LogP) is 4.64. The summed E-state index contributed by atoms with van der Waals surface area (Å²) in [4.78, 5) is 11.9. The Morgan fingerprint density at radius 1 is 1.10 bits per heavy atom. The van der Waals surface area contributed by atoms with E-state index in [0.717, 1.165) is 12.0 Å². The summed E-state index contributed by atoms with van der Waals surface area (Å²) in [6.07, 6.45) is 1.62. The van der Waals surface area contributed by atoms with Gasteiger partial charge in [-0.1, -0.05) is 35.9 Å². The SMILES string of the molecule is Cc1ccc(CCC(=O)Cc2ccc(F)c(Br)c2)cc1. The molecule has 0 unspecified atom stereocenters. The summed E-state index contributed by atoms with van der Waals surface area (Å²) < 4.78 is 13.5. The Kier molecular flexibility index (Phi) is 5.07. The minimum absolute atomic E-state index is 0.170. The summed E-state index contributed by atoms with van der Waals surface area (Å²) in [6, 6.07) is 12.9. The van der Waals surface area contributed by atoms with Gasteiger partial charge in [0.25, 0.3) is 0 Å². The lowest BCUT2D eigenvalue weighted by Crippen LogP contribution is -2.04. The van der Waals surface area contributed by atoms with Crippen LogP contribution in [-0.4, -0.2) is 5.78 Å². The monoisotopic (exact) mass is 334 g/mol. The van der Waals surface area contributed by atoms with Crippen molar-refractivity contribution in [2.75, 3.05) is 0 Å². The van der Waals surface area contributed by atoms with Crippen molar-refractivity contribution in [1.82, 2.24) is 0 Å². The third kappa shape index (κ3) is 4.27. The zero-order valence-electron chi connectivity index (χ0n) is 11.3. The minimum atomic E-state index is -0.305. The maximum absolute atomic E-state index is 13.1. The molecule has 3 heteroatoms. The fraction of sp³-hybridized carbons (Fsp3) is 0.235. The molecular formula is C17H16BrFO. The quantitative estimate of drug-likeness (QED) is 0.778. The molecule has 0 saturated heterocycles. The molecule has 0 heterocycles. The van der Waals surface area contributed by atoms with E-state index in [1.807, 2.05) is 6.92 Å². The normalized spacial score (nSPS) is 10.6. The summed E-state index contributed by atoms with van der Waals surface area (Å²) in [5.41, 5.74) is 3.23. The highest BCUT2D eigenvalue weighted by molar-refractivity contribution is 9.10. The van der Waals surface area contributed by atoms with Crippen LogP contribution in [-0.2, 0) is 17.6 Å². The molecule has 2 aromatic carbocycles. The van der Waals surface area contributed by atoms with Crippen LogP contribution in [0.4, 0.5) is 4.39 Å². The first-order chi connectivity index (χ1) is 9.54. The van der Waals surface area contributed by atoms with E-state index in [-0.39, 0.29) is 11.6 Å². The smallest absolute Gasteiger partial charge is 0.137 e. The van der Waals surface area contributed by atoms with E-state index < -0.39 is 0 Å². The molecule has 0 aromatic heterocycles. The van der Waals surface area contributed by atoms with E-state index in [1.54, 1.807) is 12.1 Å². The first kappa shape index (κ1) is 14.9. The van der Waals surface area contributed by atoms with Gasteiger partial charge in [-0.25, -0.2) is 4.39 Å². The number of rotatable bonds is 5. The molecule has 0 aliphatic heterocycles. The average molecular weight is 335 g/mol. The van der Waals surface area contributed by atoms with E-state index in [0.29, 0.717) is 17.3 Å². The van der Waals surface area contributed by atoms with Gasteiger partial charge in [-0.15, -0.1) is 0 Å². The lowest BCUT2D eigenvalue weighted by Gasteiger charge is -2.04. The number of hydrogen-bond acceptors (Lipinski definition) is 1. The molecule has 104 valence electrons. The van der Waals surface area contributed by atoms with Gasteiger partial charge >= 0.3 is 0 Å². The van der Waals surface area contributed by atoms with Crippen molar-refractivity contribution in [2.24, 2.45) is 0 Å². The van der Waals surface area contributed by atoms with Gasteiger partial charge in [-0.2, -0.15) is 0 Å². The molecule has 0 radical (unpaired) electrons. The first-order valence-electron chi connectivity index (χ1n) is 6.56. The lowest BCUT2D eigenvalue weighted by atomic mass is 10.0. The Bertz CT molecular complexity index is 605. The van der Waals surface area contributed by atoms with Crippen LogP contribution >= 0.6 is 15.9 Å². The largest absolute Gasteiger partial charge is 0.299 e. The topological polar surface area (TPSA) is 17.1 Å². The zero-order chi connectivity index (χ0) is 14.5. The number of ketones is 1. The van der Waals surface area contributed by atoms with Crippen molar-refractivity contribution >= 4 is 21.7 Å². The Balaban J connectivity index is 1.89. The molecule has 0 spiro atoms. The number of aryl methyl sites for hydroxylation is 2. The number of benzene rings is 2. The number of hydrogen-bond donors (Lipinski definition) is 0. The molecule has 0 bridgehead atoms. The second-order valence-electron chi connectivity index (χ2n) is 4.95. The molecule has 1 nitrogen and oxygen atoms in total. The van der Waals surface area contributed by atoms with E-state index in [1.165, 1.54) is 17.2 Å². The molecule has 0 amide bonds. The maximum atomic E-state index is 13.1. The van der Waals surface area contributed by atoms with Crippen molar-refractivity contribution in [2.45, 2.75) is 26.2 Å².